The molecule has 3 nitrogen and oxygen atoms in total. The number of carbonyl (C=O) groups excluding carboxylic acids is 1. The van der Waals surface area contributed by atoms with Gasteiger partial charge in [0.2, 0.25) is 0 Å². The maximum atomic E-state index is 12.8. The van der Waals surface area contributed by atoms with Crippen LogP contribution in [0.2, 0.25) is 0 Å². The Balaban J connectivity index is 0.00000312. The summed E-state index contributed by atoms with van der Waals surface area (Å²) in [7, 11) is 1.78. The summed E-state index contributed by atoms with van der Waals surface area (Å²) >= 11 is 0. The van der Waals surface area contributed by atoms with Crippen molar-refractivity contribution < 1.29 is 14.3 Å². The van der Waals surface area contributed by atoms with E-state index in [1.54, 1.807) is 7.11 Å². The summed E-state index contributed by atoms with van der Waals surface area (Å²) in [6.45, 7) is 9.19. The molecule has 0 saturated heterocycles. The van der Waals surface area contributed by atoms with Gasteiger partial charge in [-0.3, -0.25) is 4.79 Å². The predicted octanol–water partition coefficient (Wildman–Crippen LogP) is 3.44. The minimum atomic E-state index is 0. The van der Waals surface area contributed by atoms with E-state index >= 15 is 0 Å². The van der Waals surface area contributed by atoms with Gasteiger partial charge in [-0.2, -0.15) is 0 Å². The Morgan fingerprint density at radius 1 is 0.960 bits per heavy atom. The molecule has 0 aliphatic carbocycles. The van der Waals surface area contributed by atoms with Crippen molar-refractivity contribution in [1.29, 1.82) is 0 Å². The van der Waals surface area contributed by atoms with Crippen molar-refractivity contribution >= 4 is 38.3 Å². The van der Waals surface area contributed by atoms with Crippen LogP contribution in [0.5, 0.6) is 5.75 Å². The molecule has 1 unspecified atom stereocenters. The summed E-state index contributed by atoms with van der Waals surface area (Å²) in [5, 5.41) is 1.07. The average Bonchev–Trinajstić information content (AvgIpc) is 2.49. The van der Waals surface area contributed by atoms with E-state index in [1.807, 2.05) is 39.0 Å². The summed E-state index contributed by atoms with van der Waals surface area (Å²) in [4.78, 5) is 12.8. The minimum absolute atomic E-state index is 0. The first-order chi connectivity index (χ1) is 11.4. The van der Waals surface area contributed by atoms with E-state index in [9.17, 15) is 4.79 Å². The zero-order valence-electron chi connectivity index (χ0n) is 15.0. The number of hydrogen-bond donors (Lipinski definition) is 0. The molecule has 0 radical (unpaired) electrons. The number of ether oxygens (including phenoxy) is 2. The molecule has 1 atom stereocenters. The van der Waals surface area contributed by atoms with Gasteiger partial charge >= 0.3 is 18.9 Å². The fraction of sp³-hybridized carbons (Fsp3) is 0.350. The van der Waals surface area contributed by atoms with Crippen LogP contribution in [-0.4, -0.2) is 44.7 Å². The molecule has 0 amide bonds. The third-order valence-electron chi connectivity index (χ3n) is 3.91. The van der Waals surface area contributed by atoms with Crippen LogP contribution in [0.1, 0.15) is 32.6 Å². The summed E-state index contributed by atoms with van der Waals surface area (Å²) in [5.41, 5.74) is 5.45. The van der Waals surface area contributed by atoms with Gasteiger partial charge in [-0.15, -0.1) is 0 Å². The Bertz CT molecular complexity index is 721. The van der Waals surface area contributed by atoms with Crippen LogP contribution in [0.25, 0.3) is 0 Å². The van der Waals surface area contributed by atoms with E-state index in [2.05, 4.69) is 19.1 Å². The average molecular weight is 352 g/mol. The zero-order valence-corrected chi connectivity index (χ0v) is 16.0. The predicted molar refractivity (Wildman–Crippen MR) is 109 cm³/mol. The molecule has 0 N–H and O–H groups in total. The molecule has 0 spiro atoms. The van der Waals surface area contributed by atoms with Gasteiger partial charge in [0.25, 0.3) is 0 Å². The molecule has 0 bridgehead atoms. The molecular weight excluding hydrogens is 326 g/mol. The van der Waals surface area contributed by atoms with E-state index < -0.39 is 0 Å². The SMILES string of the molecule is COCCOc1ccc(PC(=O)c2c(C)cc(C)cc2C)c(C)c1.[LiH]. The molecule has 0 fully saturated rings. The van der Waals surface area contributed by atoms with E-state index in [4.69, 9.17) is 9.47 Å². The summed E-state index contributed by atoms with van der Waals surface area (Å²) in [6.07, 6.45) is 0. The quantitative estimate of drug-likeness (QED) is 0.435. The van der Waals surface area contributed by atoms with E-state index in [1.165, 1.54) is 5.56 Å². The number of benzene rings is 2. The van der Waals surface area contributed by atoms with Gasteiger partial charge in [-0.1, -0.05) is 23.8 Å². The molecular formula is C20H26LiO3P. The molecule has 25 heavy (non-hydrogen) atoms. The van der Waals surface area contributed by atoms with Crippen LogP contribution in [0.15, 0.2) is 30.3 Å². The monoisotopic (exact) mass is 352 g/mol. The Morgan fingerprint density at radius 2 is 1.60 bits per heavy atom. The van der Waals surface area contributed by atoms with Gasteiger partial charge in [0.15, 0.2) is 5.52 Å². The first-order valence-corrected chi connectivity index (χ1v) is 9.04. The molecule has 2 aromatic carbocycles. The molecule has 0 saturated carbocycles. The van der Waals surface area contributed by atoms with Gasteiger partial charge < -0.3 is 9.47 Å². The second-order valence-corrected chi connectivity index (χ2v) is 7.29. The van der Waals surface area contributed by atoms with Gasteiger partial charge in [0.05, 0.1) is 6.61 Å². The van der Waals surface area contributed by atoms with Crippen LogP contribution in [0.4, 0.5) is 0 Å². The molecule has 0 aromatic heterocycles. The molecule has 2 rings (SSSR count). The fourth-order valence-corrected chi connectivity index (χ4v) is 4.03. The third-order valence-corrected chi connectivity index (χ3v) is 5.21. The number of rotatable bonds is 7. The zero-order chi connectivity index (χ0) is 17.7. The Labute approximate surface area is 164 Å². The van der Waals surface area contributed by atoms with Crippen LogP contribution in [-0.2, 0) is 4.74 Å². The van der Waals surface area contributed by atoms with Crippen LogP contribution < -0.4 is 10.0 Å². The van der Waals surface area contributed by atoms with Crippen LogP contribution in [0.3, 0.4) is 0 Å². The van der Waals surface area contributed by atoms with Crippen molar-refractivity contribution in [3.8, 4) is 5.75 Å². The van der Waals surface area contributed by atoms with Gasteiger partial charge in [0, 0.05) is 12.7 Å². The third kappa shape index (κ3) is 5.98. The molecule has 5 heteroatoms. The maximum absolute atomic E-state index is 12.8. The molecule has 130 valence electrons. The van der Waals surface area contributed by atoms with Crippen molar-refractivity contribution in [2.75, 3.05) is 20.3 Å². The first kappa shape index (κ1) is 21.9. The Morgan fingerprint density at radius 3 is 2.16 bits per heavy atom. The van der Waals surface area contributed by atoms with Gasteiger partial charge in [-0.25, -0.2) is 0 Å². The molecule has 0 aliphatic heterocycles. The number of methoxy groups -OCH3 is 1. The summed E-state index contributed by atoms with van der Waals surface area (Å²) in [6, 6.07) is 10.1. The van der Waals surface area contributed by atoms with E-state index in [0.29, 0.717) is 13.2 Å². The van der Waals surface area contributed by atoms with E-state index in [-0.39, 0.29) is 33.0 Å². The standard InChI is InChI=1S/C20H25O3P.Li.H/c1-13-10-15(3)19(16(4)11-13)20(21)24-18-7-6-17(12-14(18)2)23-9-8-22-5;;/h6-7,10-12,24H,8-9H2,1-5H3;;. The van der Waals surface area contributed by atoms with Crippen molar-refractivity contribution in [2.45, 2.75) is 27.7 Å². The van der Waals surface area contributed by atoms with E-state index in [0.717, 1.165) is 33.3 Å². The topological polar surface area (TPSA) is 35.5 Å². The number of hydrogen-bond acceptors (Lipinski definition) is 3. The Hall–Kier alpha value is -1.10. The number of carbonyl (C=O) groups is 1. The van der Waals surface area contributed by atoms with Crippen LogP contribution >= 0.6 is 8.58 Å². The van der Waals surface area contributed by atoms with Crippen LogP contribution in [0, 0.1) is 27.7 Å². The second-order valence-electron chi connectivity index (χ2n) is 6.05. The summed E-state index contributed by atoms with van der Waals surface area (Å²) < 4.78 is 10.6. The summed E-state index contributed by atoms with van der Waals surface area (Å²) in [5.74, 6) is 0.813. The van der Waals surface area contributed by atoms with Crippen molar-refractivity contribution in [3.05, 3.63) is 58.1 Å². The molecule has 0 aliphatic rings. The van der Waals surface area contributed by atoms with Crippen molar-refractivity contribution in [3.63, 3.8) is 0 Å². The fourth-order valence-electron chi connectivity index (χ4n) is 2.83. The van der Waals surface area contributed by atoms with Gasteiger partial charge in [0.1, 0.15) is 12.4 Å². The number of aryl methyl sites for hydroxylation is 4. The molecule has 0 heterocycles. The Kier molecular flexibility index (Phi) is 8.90. The normalized spacial score (nSPS) is 10.8. The van der Waals surface area contributed by atoms with Crippen molar-refractivity contribution in [2.24, 2.45) is 0 Å². The van der Waals surface area contributed by atoms with Crippen molar-refractivity contribution in [1.82, 2.24) is 0 Å². The second kappa shape index (κ2) is 10.1. The molecule has 2 aromatic rings. The van der Waals surface area contributed by atoms with Gasteiger partial charge in [-0.05, 0) is 70.4 Å². The first-order valence-electron chi connectivity index (χ1n) is 8.04.